The Kier molecular flexibility index (Phi) is 3.11. The molecule has 3 heteroatoms. The topological polar surface area (TPSA) is 20.3 Å². The standard InChI is InChI=1S/C12H13NOS/c1-2-12(14)13-7-8-15-11-6-4-3-5-10(11)9-13/h2-6H,1,7-9H2. The third-order valence-corrected chi connectivity index (χ3v) is 3.53. The maximum atomic E-state index is 11.5. The average molecular weight is 219 g/mol. The lowest BCUT2D eigenvalue weighted by molar-refractivity contribution is -0.126. The van der Waals surface area contributed by atoms with E-state index in [-0.39, 0.29) is 5.91 Å². The van der Waals surface area contributed by atoms with E-state index in [1.807, 2.05) is 28.8 Å². The van der Waals surface area contributed by atoms with Gasteiger partial charge in [-0.05, 0) is 17.7 Å². The highest BCUT2D eigenvalue weighted by atomic mass is 32.2. The summed E-state index contributed by atoms with van der Waals surface area (Å²) in [5, 5.41) is 0. The zero-order valence-corrected chi connectivity index (χ0v) is 9.30. The molecule has 0 saturated heterocycles. The summed E-state index contributed by atoms with van der Waals surface area (Å²) in [6, 6.07) is 8.25. The predicted octanol–water partition coefficient (Wildman–Crippen LogP) is 2.31. The van der Waals surface area contributed by atoms with Crippen LogP contribution in [0.5, 0.6) is 0 Å². The van der Waals surface area contributed by atoms with Crippen molar-refractivity contribution in [3.8, 4) is 0 Å². The zero-order valence-electron chi connectivity index (χ0n) is 8.48. The van der Waals surface area contributed by atoms with E-state index < -0.39 is 0 Å². The molecular weight excluding hydrogens is 206 g/mol. The van der Waals surface area contributed by atoms with Gasteiger partial charge >= 0.3 is 0 Å². The first-order chi connectivity index (χ1) is 7.31. The molecule has 1 aliphatic rings. The molecule has 0 aliphatic carbocycles. The van der Waals surface area contributed by atoms with Gasteiger partial charge in [-0.2, -0.15) is 0 Å². The van der Waals surface area contributed by atoms with Crippen molar-refractivity contribution in [2.75, 3.05) is 12.3 Å². The van der Waals surface area contributed by atoms with E-state index in [4.69, 9.17) is 0 Å². The molecule has 0 aromatic heterocycles. The molecule has 2 nitrogen and oxygen atoms in total. The van der Waals surface area contributed by atoms with Gasteiger partial charge < -0.3 is 4.90 Å². The van der Waals surface area contributed by atoms with E-state index >= 15 is 0 Å². The Balaban J connectivity index is 2.24. The van der Waals surface area contributed by atoms with Crippen molar-refractivity contribution >= 4 is 17.7 Å². The molecule has 0 saturated carbocycles. The highest BCUT2D eigenvalue weighted by Gasteiger charge is 2.16. The van der Waals surface area contributed by atoms with Gasteiger partial charge in [0, 0.05) is 23.7 Å². The SMILES string of the molecule is C=CC(=O)N1CCSc2ccccc2C1. The second-order valence-corrected chi connectivity index (χ2v) is 4.56. The molecule has 1 aromatic carbocycles. The van der Waals surface area contributed by atoms with Crippen LogP contribution in [-0.4, -0.2) is 23.1 Å². The van der Waals surface area contributed by atoms with Gasteiger partial charge in [0.05, 0.1) is 0 Å². The van der Waals surface area contributed by atoms with E-state index in [9.17, 15) is 4.79 Å². The molecular formula is C12H13NOS. The number of carbonyl (C=O) groups excluding carboxylic acids is 1. The van der Waals surface area contributed by atoms with Gasteiger partial charge in [0.25, 0.3) is 0 Å². The summed E-state index contributed by atoms with van der Waals surface area (Å²) in [4.78, 5) is 14.7. The van der Waals surface area contributed by atoms with Crippen molar-refractivity contribution in [3.05, 3.63) is 42.5 Å². The van der Waals surface area contributed by atoms with Crippen LogP contribution in [0.25, 0.3) is 0 Å². The smallest absolute Gasteiger partial charge is 0.246 e. The minimum absolute atomic E-state index is 0.0207. The van der Waals surface area contributed by atoms with E-state index in [0.717, 1.165) is 12.3 Å². The molecule has 0 fully saturated rings. The third-order valence-electron chi connectivity index (χ3n) is 2.44. The van der Waals surface area contributed by atoms with Crippen LogP contribution in [0.2, 0.25) is 0 Å². The van der Waals surface area contributed by atoms with Gasteiger partial charge in [-0.25, -0.2) is 0 Å². The molecule has 0 bridgehead atoms. The number of nitrogens with zero attached hydrogens (tertiary/aromatic N) is 1. The Bertz CT molecular complexity index is 389. The average Bonchev–Trinajstić information content (AvgIpc) is 2.49. The van der Waals surface area contributed by atoms with Gasteiger partial charge in [-0.3, -0.25) is 4.79 Å². The zero-order chi connectivity index (χ0) is 10.7. The Labute approximate surface area is 94.0 Å². The van der Waals surface area contributed by atoms with Crippen LogP contribution < -0.4 is 0 Å². The number of benzene rings is 1. The summed E-state index contributed by atoms with van der Waals surface area (Å²) >= 11 is 1.81. The van der Waals surface area contributed by atoms with E-state index in [1.165, 1.54) is 16.5 Å². The summed E-state index contributed by atoms with van der Waals surface area (Å²) in [6.45, 7) is 5.02. The van der Waals surface area contributed by atoms with Crippen molar-refractivity contribution < 1.29 is 4.79 Å². The first-order valence-corrected chi connectivity index (χ1v) is 5.92. The highest BCUT2D eigenvalue weighted by molar-refractivity contribution is 7.99. The van der Waals surface area contributed by atoms with Crippen LogP contribution in [0.3, 0.4) is 0 Å². The van der Waals surface area contributed by atoms with Crippen LogP contribution in [0.1, 0.15) is 5.56 Å². The summed E-state index contributed by atoms with van der Waals surface area (Å²) in [5.74, 6) is 0.976. The molecule has 0 N–H and O–H groups in total. The molecule has 1 heterocycles. The normalized spacial score (nSPS) is 15.3. The van der Waals surface area contributed by atoms with Gasteiger partial charge in [0.1, 0.15) is 0 Å². The largest absolute Gasteiger partial charge is 0.334 e. The fraction of sp³-hybridized carbons (Fsp3) is 0.250. The second kappa shape index (κ2) is 4.53. The number of hydrogen-bond acceptors (Lipinski definition) is 2. The van der Waals surface area contributed by atoms with Crippen molar-refractivity contribution in [2.45, 2.75) is 11.4 Å². The van der Waals surface area contributed by atoms with Crippen LogP contribution in [-0.2, 0) is 11.3 Å². The fourth-order valence-corrected chi connectivity index (χ4v) is 2.67. The van der Waals surface area contributed by atoms with Crippen LogP contribution >= 0.6 is 11.8 Å². The van der Waals surface area contributed by atoms with E-state index in [2.05, 4.69) is 18.7 Å². The van der Waals surface area contributed by atoms with Gasteiger partial charge in [-0.15, -0.1) is 11.8 Å². The van der Waals surface area contributed by atoms with Crippen LogP contribution in [0.15, 0.2) is 41.8 Å². The van der Waals surface area contributed by atoms with Gasteiger partial charge in [0.2, 0.25) is 5.91 Å². The molecule has 0 atom stereocenters. The van der Waals surface area contributed by atoms with Crippen molar-refractivity contribution in [2.24, 2.45) is 0 Å². The molecule has 0 unspecified atom stereocenters. The number of hydrogen-bond donors (Lipinski definition) is 0. The molecule has 78 valence electrons. The predicted molar refractivity (Wildman–Crippen MR) is 62.8 cm³/mol. The minimum Gasteiger partial charge on any atom is -0.334 e. The maximum absolute atomic E-state index is 11.5. The van der Waals surface area contributed by atoms with Crippen LogP contribution in [0, 0.1) is 0 Å². The first kappa shape index (κ1) is 10.3. The van der Waals surface area contributed by atoms with Crippen LogP contribution in [0.4, 0.5) is 0 Å². The molecule has 2 rings (SSSR count). The van der Waals surface area contributed by atoms with Gasteiger partial charge in [-0.1, -0.05) is 24.8 Å². The van der Waals surface area contributed by atoms with E-state index in [0.29, 0.717) is 6.54 Å². The fourth-order valence-electron chi connectivity index (χ4n) is 1.64. The van der Waals surface area contributed by atoms with E-state index in [1.54, 1.807) is 0 Å². The lowest BCUT2D eigenvalue weighted by Gasteiger charge is -2.18. The minimum atomic E-state index is 0.0207. The Morgan fingerprint density at radius 1 is 1.47 bits per heavy atom. The number of carbonyl (C=O) groups is 1. The molecule has 0 spiro atoms. The molecule has 1 aromatic rings. The number of amides is 1. The Morgan fingerprint density at radius 2 is 2.27 bits per heavy atom. The quantitative estimate of drug-likeness (QED) is 0.675. The highest BCUT2D eigenvalue weighted by Crippen LogP contribution is 2.26. The van der Waals surface area contributed by atoms with Crippen molar-refractivity contribution in [1.29, 1.82) is 0 Å². The number of fused-ring (bicyclic) bond motifs is 1. The van der Waals surface area contributed by atoms with Crippen molar-refractivity contribution in [1.82, 2.24) is 4.90 Å². The molecule has 0 radical (unpaired) electrons. The third kappa shape index (κ3) is 2.23. The number of rotatable bonds is 1. The Morgan fingerprint density at radius 3 is 3.07 bits per heavy atom. The summed E-state index contributed by atoms with van der Waals surface area (Å²) in [5.41, 5.74) is 1.23. The lowest BCUT2D eigenvalue weighted by atomic mass is 10.2. The second-order valence-electron chi connectivity index (χ2n) is 3.42. The lowest BCUT2D eigenvalue weighted by Crippen LogP contribution is -2.29. The molecule has 1 amide bonds. The summed E-state index contributed by atoms with van der Waals surface area (Å²) in [7, 11) is 0. The molecule has 15 heavy (non-hydrogen) atoms. The number of thioether (sulfide) groups is 1. The Hall–Kier alpha value is -1.22. The maximum Gasteiger partial charge on any atom is 0.246 e. The first-order valence-electron chi connectivity index (χ1n) is 4.93. The monoisotopic (exact) mass is 219 g/mol. The summed E-state index contributed by atoms with van der Waals surface area (Å²) < 4.78 is 0. The van der Waals surface area contributed by atoms with Gasteiger partial charge in [0.15, 0.2) is 0 Å². The van der Waals surface area contributed by atoms with Crippen molar-refractivity contribution in [3.63, 3.8) is 0 Å². The summed E-state index contributed by atoms with van der Waals surface area (Å²) in [6.07, 6.45) is 1.39. The molecule has 1 aliphatic heterocycles.